The van der Waals surface area contributed by atoms with Crippen LogP contribution >= 0.6 is 22.7 Å². The third-order valence-corrected chi connectivity index (χ3v) is 5.40. The van der Waals surface area contributed by atoms with Crippen LogP contribution in [0.1, 0.15) is 22.2 Å². The highest BCUT2D eigenvalue weighted by Gasteiger charge is 2.11. The van der Waals surface area contributed by atoms with E-state index >= 15 is 0 Å². The number of benzene rings is 1. The summed E-state index contributed by atoms with van der Waals surface area (Å²) in [4.78, 5) is 18.1. The molecule has 0 atom stereocenters. The fourth-order valence-corrected chi connectivity index (χ4v) is 4.18. The van der Waals surface area contributed by atoms with E-state index in [1.54, 1.807) is 17.4 Å². The predicted molar refractivity (Wildman–Crippen MR) is 95.3 cm³/mol. The van der Waals surface area contributed by atoms with E-state index in [0.29, 0.717) is 24.6 Å². The second-order valence-corrected chi connectivity index (χ2v) is 7.01. The number of aryl methyl sites for hydroxylation is 1. The number of thiazole rings is 1. The van der Waals surface area contributed by atoms with Crippen LogP contribution < -0.4 is 4.80 Å². The molecule has 0 fully saturated rings. The summed E-state index contributed by atoms with van der Waals surface area (Å²) in [7, 11) is 0. The normalized spacial score (nSPS) is 12.2. The molecule has 120 valence electrons. The Labute approximate surface area is 142 Å². The van der Waals surface area contributed by atoms with Crippen molar-refractivity contribution in [1.29, 1.82) is 0 Å². The lowest BCUT2D eigenvalue weighted by Gasteiger charge is -2.07. The molecule has 0 aliphatic rings. The van der Waals surface area contributed by atoms with Gasteiger partial charge in [0, 0.05) is 13.2 Å². The maximum Gasteiger partial charge on any atom is 0.289 e. The number of nitrogens with zero attached hydrogens (tertiary/aromatic N) is 2. The van der Waals surface area contributed by atoms with E-state index in [4.69, 9.17) is 4.74 Å². The van der Waals surface area contributed by atoms with Crippen molar-refractivity contribution < 1.29 is 9.53 Å². The molecule has 1 aromatic carbocycles. The number of rotatable bonds is 5. The number of carbonyl (C=O) groups is 1. The first-order valence-corrected chi connectivity index (χ1v) is 9.19. The third-order valence-electron chi connectivity index (χ3n) is 3.50. The van der Waals surface area contributed by atoms with E-state index in [0.717, 1.165) is 15.0 Å². The Morgan fingerprint density at radius 1 is 1.30 bits per heavy atom. The quantitative estimate of drug-likeness (QED) is 0.659. The molecule has 0 bridgehead atoms. The molecule has 0 spiro atoms. The van der Waals surface area contributed by atoms with Crippen LogP contribution in [0.5, 0.6) is 0 Å². The average Bonchev–Trinajstić information content (AvgIpc) is 3.17. The first-order chi connectivity index (χ1) is 11.2. The summed E-state index contributed by atoms with van der Waals surface area (Å²) in [6.45, 7) is 6.04. The Hall–Kier alpha value is -1.76. The maximum absolute atomic E-state index is 12.3. The van der Waals surface area contributed by atoms with Gasteiger partial charge in [-0.25, -0.2) is 0 Å². The minimum atomic E-state index is -0.186. The fourth-order valence-electron chi connectivity index (χ4n) is 2.44. The number of hydrogen-bond donors (Lipinski definition) is 0. The smallest absolute Gasteiger partial charge is 0.289 e. The van der Waals surface area contributed by atoms with Gasteiger partial charge in [-0.05, 0) is 36.9 Å². The molecule has 3 aromatic rings. The summed E-state index contributed by atoms with van der Waals surface area (Å²) in [5, 5.41) is 1.89. The second-order valence-electron chi connectivity index (χ2n) is 5.05. The lowest BCUT2D eigenvalue weighted by atomic mass is 10.2. The molecule has 0 N–H and O–H groups in total. The van der Waals surface area contributed by atoms with Gasteiger partial charge in [0.2, 0.25) is 0 Å². The van der Waals surface area contributed by atoms with Gasteiger partial charge in [-0.1, -0.05) is 29.5 Å². The zero-order valence-corrected chi connectivity index (χ0v) is 14.7. The largest absolute Gasteiger partial charge is 0.380 e. The van der Waals surface area contributed by atoms with Crippen LogP contribution in [0.3, 0.4) is 0 Å². The molecule has 0 saturated carbocycles. The minimum absolute atomic E-state index is 0.186. The molecular formula is C17H18N2O2S2. The number of thiophene rings is 1. The predicted octanol–water partition coefficient (Wildman–Crippen LogP) is 3.85. The summed E-state index contributed by atoms with van der Waals surface area (Å²) < 4.78 is 8.72. The van der Waals surface area contributed by atoms with Crippen LogP contribution in [0, 0.1) is 6.92 Å². The standard InChI is InChI=1S/C17H18N2O2S2/c1-3-21-10-9-19-15-12(2)6-4-7-13(15)23-17(19)18-16(20)14-8-5-11-22-14/h4-8,11H,3,9-10H2,1-2H3. The first-order valence-electron chi connectivity index (χ1n) is 7.50. The van der Waals surface area contributed by atoms with E-state index in [9.17, 15) is 4.79 Å². The van der Waals surface area contributed by atoms with Crippen molar-refractivity contribution in [3.05, 3.63) is 51.0 Å². The number of hydrogen-bond acceptors (Lipinski definition) is 4. The molecule has 4 nitrogen and oxygen atoms in total. The molecule has 0 unspecified atom stereocenters. The third kappa shape index (κ3) is 3.44. The zero-order chi connectivity index (χ0) is 16.2. The number of ether oxygens (including phenoxy) is 1. The molecule has 3 rings (SSSR count). The van der Waals surface area contributed by atoms with Crippen molar-refractivity contribution in [3.8, 4) is 0 Å². The van der Waals surface area contributed by atoms with Crippen LogP contribution in [0.15, 0.2) is 40.7 Å². The molecule has 0 aliphatic heterocycles. The first kappa shape index (κ1) is 16.1. The van der Waals surface area contributed by atoms with Gasteiger partial charge in [0.1, 0.15) is 0 Å². The van der Waals surface area contributed by atoms with Crippen molar-refractivity contribution in [3.63, 3.8) is 0 Å². The van der Waals surface area contributed by atoms with E-state index in [2.05, 4.69) is 28.6 Å². The highest BCUT2D eigenvalue weighted by Crippen LogP contribution is 2.21. The molecule has 6 heteroatoms. The summed E-state index contributed by atoms with van der Waals surface area (Å²) in [6.07, 6.45) is 0. The Kier molecular flexibility index (Phi) is 5.05. The highest BCUT2D eigenvalue weighted by molar-refractivity contribution is 7.16. The Bertz CT molecular complexity index is 876. The van der Waals surface area contributed by atoms with Gasteiger partial charge in [-0.15, -0.1) is 11.3 Å². The van der Waals surface area contributed by atoms with Crippen LogP contribution in [0.2, 0.25) is 0 Å². The number of para-hydroxylation sites is 1. The summed E-state index contributed by atoms with van der Waals surface area (Å²) >= 11 is 2.96. The van der Waals surface area contributed by atoms with E-state index in [1.807, 2.05) is 24.4 Å². The summed E-state index contributed by atoms with van der Waals surface area (Å²) in [5.74, 6) is -0.186. The molecular weight excluding hydrogens is 328 g/mol. The Morgan fingerprint density at radius 3 is 2.91 bits per heavy atom. The van der Waals surface area contributed by atoms with Gasteiger partial charge >= 0.3 is 0 Å². The van der Waals surface area contributed by atoms with E-state index in [1.165, 1.54) is 16.9 Å². The van der Waals surface area contributed by atoms with E-state index < -0.39 is 0 Å². The Balaban J connectivity index is 2.09. The molecule has 0 radical (unpaired) electrons. The van der Waals surface area contributed by atoms with Crippen molar-refractivity contribution in [1.82, 2.24) is 4.57 Å². The van der Waals surface area contributed by atoms with Crippen molar-refractivity contribution in [2.45, 2.75) is 20.4 Å². The maximum atomic E-state index is 12.3. The molecule has 1 amide bonds. The van der Waals surface area contributed by atoms with Crippen LogP contribution in [0.4, 0.5) is 0 Å². The zero-order valence-electron chi connectivity index (χ0n) is 13.1. The van der Waals surface area contributed by atoms with Crippen molar-refractivity contribution in [2.75, 3.05) is 13.2 Å². The molecule has 0 aliphatic carbocycles. The van der Waals surface area contributed by atoms with Gasteiger partial charge in [0.25, 0.3) is 5.91 Å². The second kappa shape index (κ2) is 7.21. The summed E-state index contributed by atoms with van der Waals surface area (Å²) in [5.41, 5.74) is 2.32. The number of aromatic nitrogens is 1. The van der Waals surface area contributed by atoms with Gasteiger partial charge in [-0.3, -0.25) is 4.79 Å². The molecule has 2 aromatic heterocycles. The van der Waals surface area contributed by atoms with Crippen molar-refractivity contribution in [2.24, 2.45) is 4.99 Å². The topological polar surface area (TPSA) is 43.6 Å². The fraction of sp³-hybridized carbons (Fsp3) is 0.294. The van der Waals surface area contributed by atoms with Crippen LogP contribution in [0.25, 0.3) is 10.2 Å². The van der Waals surface area contributed by atoms with Gasteiger partial charge in [0.15, 0.2) is 4.80 Å². The minimum Gasteiger partial charge on any atom is -0.380 e. The van der Waals surface area contributed by atoms with Gasteiger partial charge in [0.05, 0.1) is 21.7 Å². The van der Waals surface area contributed by atoms with Crippen molar-refractivity contribution >= 4 is 38.8 Å². The lowest BCUT2D eigenvalue weighted by Crippen LogP contribution is -2.20. The molecule has 0 saturated heterocycles. The molecule has 2 heterocycles. The van der Waals surface area contributed by atoms with Gasteiger partial charge in [-0.2, -0.15) is 4.99 Å². The highest BCUT2D eigenvalue weighted by atomic mass is 32.1. The Morgan fingerprint density at radius 2 is 2.17 bits per heavy atom. The summed E-state index contributed by atoms with van der Waals surface area (Å²) in [6, 6.07) is 9.85. The molecule has 23 heavy (non-hydrogen) atoms. The van der Waals surface area contributed by atoms with Gasteiger partial charge < -0.3 is 9.30 Å². The number of carbonyl (C=O) groups excluding carboxylic acids is 1. The number of amides is 1. The average molecular weight is 346 g/mol. The van der Waals surface area contributed by atoms with Crippen LogP contribution in [-0.2, 0) is 11.3 Å². The SMILES string of the molecule is CCOCCn1c(=NC(=O)c2cccs2)sc2cccc(C)c21. The number of fused-ring (bicyclic) bond motifs is 1. The lowest BCUT2D eigenvalue weighted by molar-refractivity contribution is 0.100. The van der Waals surface area contributed by atoms with E-state index in [-0.39, 0.29) is 5.91 Å². The van der Waals surface area contributed by atoms with Crippen LogP contribution in [-0.4, -0.2) is 23.7 Å². The monoisotopic (exact) mass is 346 g/mol.